The molecule has 2 aliphatic rings. The number of likely N-dealkylation sites (tertiary alicyclic amines) is 1. The Morgan fingerprint density at radius 3 is 2.55 bits per heavy atom. The molecule has 0 unspecified atom stereocenters. The van der Waals surface area contributed by atoms with Gasteiger partial charge in [0.2, 0.25) is 0 Å². The standard InChI is InChI=1S/C16H20BrNO4/c1-10-8-12(14(19)13(17)9-10)15(20)18-4-2-11(3-5-18)16-21-6-7-22-16/h8-9,11,16,19H,2-7H2,1H3. The zero-order valence-corrected chi connectivity index (χ0v) is 14.1. The molecular weight excluding hydrogens is 350 g/mol. The summed E-state index contributed by atoms with van der Waals surface area (Å²) in [6, 6.07) is 3.53. The number of benzene rings is 1. The van der Waals surface area contributed by atoms with Gasteiger partial charge in [0, 0.05) is 19.0 Å². The van der Waals surface area contributed by atoms with Crippen LogP contribution in [0.2, 0.25) is 0 Å². The molecule has 6 heteroatoms. The molecule has 3 rings (SSSR count). The van der Waals surface area contributed by atoms with Gasteiger partial charge in [0.25, 0.3) is 5.91 Å². The molecule has 5 nitrogen and oxygen atoms in total. The Kier molecular flexibility index (Phi) is 4.70. The highest BCUT2D eigenvalue weighted by atomic mass is 79.9. The topological polar surface area (TPSA) is 59.0 Å². The van der Waals surface area contributed by atoms with Gasteiger partial charge in [0.15, 0.2) is 6.29 Å². The van der Waals surface area contributed by atoms with E-state index >= 15 is 0 Å². The molecule has 0 aromatic heterocycles. The molecule has 1 aromatic rings. The van der Waals surface area contributed by atoms with E-state index < -0.39 is 0 Å². The largest absolute Gasteiger partial charge is 0.506 e. The highest BCUT2D eigenvalue weighted by molar-refractivity contribution is 9.10. The summed E-state index contributed by atoms with van der Waals surface area (Å²) in [7, 11) is 0. The van der Waals surface area contributed by atoms with Crippen LogP contribution in [0.4, 0.5) is 0 Å². The molecule has 1 aromatic carbocycles. The predicted molar refractivity (Wildman–Crippen MR) is 84.9 cm³/mol. The third-order valence-electron chi connectivity index (χ3n) is 4.30. The predicted octanol–water partition coefficient (Wildman–Crippen LogP) is 2.69. The highest BCUT2D eigenvalue weighted by Gasteiger charge is 2.32. The van der Waals surface area contributed by atoms with Crippen molar-refractivity contribution < 1.29 is 19.4 Å². The van der Waals surface area contributed by atoms with Crippen LogP contribution in [0.3, 0.4) is 0 Å². The van der Waals surface area contributed by atoms with Gasteiger partial charge in [-0.05, 0) is 53.4 Å². The second-order valence-corrected chi connectivity index (χ2v) is 6.74. The fraction of sp³-hybridized carbons (Fsp3) is 0.562. The van der Waals surface area contributed by atoms with E-state index in [-0.39, 0.29) is 17.9 Å². The highest BCUT2D eigenvalue weighted by Crippen LogP contribution is 2.32. The van der Waals surface area contributed by atoms with E-state index in [0.717, 1.165) is 18.4 Å². The van der Waals surface area contributed by atoms with Gasteiger partial charge in [-0.25, -0.2) is 0 Å². The van der Waals surface area contributed by atoms with Crippen LogP contribution in [0, 0.1) is 12.8 Å². The number of ether oxygens (including phenoxy) is 2. The number of carbonyl (C=O) groups is 1. The van der Waals surface area contributed by atoms with Gasteiger partial charge >= 0.3 is 0 Å². The number of phenolic OH excluding ortho intramolecular Hbond substituents is 1. The summed E-state index contributed by atoms with van der Waals surface area (Å²) in [4.78, 5) is 14.4. The smallest absolute Gasteiger partial charge is 0.257 e. The van der Waals surface area contributed by atoms with E-state index in [0.29, 0.717) is 42.3 Å². The molecule has 0 atom stereocenters. The Balaban J connectivity index is 1.67. The minimum absolute atomic E-state index is 0.0141. The first-order valence-corrected chi connectivity index (χ1v) is 8.37. The molecular formula is C16H20BrNO4. The third-order valence-corrected chi connectivity index (χ3v) is 4.90. The first kappa shape index (κ1) is 15.8. The van der Waals surface area contributed by atoms with Crippen molar-refractivity contribution in [2.75, 3.05) is 26.3 Å². The van der Waals surface area contributed by atoms with Crippen LogP contribution in [0.15, 0.2) is 16.6 Å². The van der Waals surface area contributed by atoms with Gasteiger partial charge in [0.05, 0.1) is 23.2 Å². The Hall–Kier alpha value is -1.11. The molecule has 0 saturated carbocycles. The number of piperidine rings is 1. The molecule has 0 bridgehead atoms. The van der Waals surface area contributed by atoms with Gasteiger partial charge in [-0.15, -0.1) is 0 Å². The van der Waals surface area contributed by atoms with Crippen molar-refractivity contribution in [1.29, 1.82) is 0 Å². The number of phenols is 1. The zero-order chi connectivity index (χ0) is 15.7. The Morgan fingerprint density at radius 2 is 1.91 bits per heavy atom. The van der Waals surface area contributed by atoms with Crippen molar-refractivity contribution in [2.45, 2.75) is 26.1 Å². The fourth-order valence-corrected chi connectivity index (χ4v) is 3.67. The second kappa shape index (κ2) is 6.56. The molecule has 0 radical (unpaired) electrons. The normalized spacial score (nSPS) is 20.5. The van der Waals surface area contributed by atoms with Crippen LogP contribution in [0.25, 0.3) is 0 Å². The first-order valence-electron chi connectivity index (χ1n) is 7.58. The van der Waals surface area contributed by atoms with Crippen molar-refractivity contribution in [2.24, 2.45) is 5.92 Å². The summed E-state index contributed by atoms with van der Waals surface area (Å²) < 4.78 is 11.7. The van der Waals surface area contributed by atoms with Crippen LogP contribution in [0.5, 0.6) is 5.75 Å². The summed E-state index contributed by atoms with van der Waals surface area (Å²) in [6.45, 7) is 4.56. The quantitative estimate of drug-likeness (QED) is 0.870. The molecule has 2 heterocycles. The lowest BCUT2D eigenvalue weighted by atomic mass is 9.95. The number of hydrogen-bond donors (Lipinski definition) is 1. The lowest BCUT2D eigenvalue weighted by Crippen LogP contribution is -2.41. The molecule has 2 aliphatic heterocycles. The number of nitrogens with zero attached hydrogens (tertiary/aromatic N) is 1. The molecule has 22 heavy (non-hydrogen) atoms. The average Bonchev–Trinajstić information content (AvgIpc) is 3.05. The van der Waals surface area contributed by atoms with Crippen molar-refractivity contribution in [3.63, 3.8) is 0 Å². The van der Waals surface area contributed by atoms with Crippen LogP contribution in [-0.2, 0) is 9.47 Å². The minimum Gasteiger partial charge on any atom is -0.506 e. The lowest BCUT2D eigenvalue weighted by Gasteiger charge is -2.34. The number of halogens is 1. The number of hydrogen-bond acceptors (Lipinski definition) is 4. The number of aryl methyl sites for hydroxylation is 1. The molecule has 0 aliphatic carbocycles. The molecule has 2 saturated heterocycles. The second-order valence-electron chi connectivity index (χ2n) is 5.88. The Labute approximate surface area is 138 Å². The molecule has 2 fully saturated rings. The summed E-state index contributed by atoms with van der Waals surface area (Å²) in [5.74, 6) is 0.248. The maximum atomic E-state index is 12.6. The van der Waals surface area contributed by atoms with E-state index in [4.69, 9.17) is 9.47 Å². The van der Waals surface area contributed by atoms with Crippen molar-refractivity contribution in [3.05, 3.63) is 27.7 Å². The first-order chi connectivity index (χ1) is 10.6. The van der Waals surface area contributed by atoms with E-state index in [1.807, 2.05) is 6.92 Å². The molecule has 1 N–H and O–H groups in total. The van der Waals surface area contributed by atoms with E-state index in [2.05, 4.69) is 15.9 Å². The minimum atomic E-state index is -0.117. The number of rotatable bonds is 2. The van der Waals surface area contributed by atoms with E-state index in [1.54, 1.807) is 17.0 Å². The van der Waals surface area contributed by atoms with Gasteiger partial charge in [-0.3, -0.25) is 4.79 Å². The van der Waals surface area contributed by atoms with Crippen molar-refractivity contribution in [1.82, 2.24) is 4.90 Å². The van der Waals surface area contributed by atoms with Gasteiger partial charge in [-0.1, -0.05) is 0 Å². The summed E-state index contributed by atoms with van der Waals surface area (Å²) in [5.41, 5.74) is 1.30. The number of carbonyl (C=O) groups excluding carboxylic acids is 1. The average molecular weight is 370 g/mol. The SMILES string of the molecule is Cc1cc(Br)c(O)c(C(=O)N2CCC(C3OCCO3)CC2)c1. The van der Waals surface area contributed by atoms with E-state index in [9.17, 15) is 9.90 Å². The zero-order valence-electron chi connectivity index (χ0n) is 12.5. The van der Waals surface area contributed by atoms with E-state index in [1.165, 1.54) is 0 Å². The maximum absolute atomic E-state index is 12.6. The molecule has 0 spiro atoms. The Morgan fingerprint density at radius 1 is 1.27 bits per heavy atom. The lowest BCUT2D eigenvalue weighted by molar-refractivity contribution is -0.0956. The van der Waals surface area contributed by atoms with Crippen LogP contribution < -0.4 is 0 Å². The summed E-state index contributed by atoms with van der Waals surface area (Å²) >= 11 is 3.29. The Bertz CT molecular complexity index is 564. The van der Waals surface area contributed by atoms with Gasteiger partial charge in [0.1, 0.15) is 5.75 Å². The van der Waals surface area contributed by atoms with Gasteiger partial charge in [-0.2, -0.15) is 0 Å². The summed E-state index contributed by atoms with van der Waals surface area (Å²) in [6.07, 6.45) is 1.62. The number of aromatic hydroxyl groups is 1. The monoisotopic (exact) mass is 369 g/mol. The molecule has 120 valence electrons. The van der Waals surface area contributed by atoms with Crippen LogP contribution in [0.1, 0.15) is 28.8 Å². The fourth-order valence-electron chi connectivity index (χ4n) is 3.09. The third kappa shape index (κ3) is 3.14. The van der Waals surface area contributed by atoms with Gasteiger partial charge < -0.3 is 19.5 Å². The van der Waals surface area contributed by atoms with Crippen molar-refractivity contribution >= 4 is 21.8 Å². The number of amides is 1. The van der Waals surface area contributed by atoms with Crippen LogP contribution in [-0.4, -0.2) is 48.5 Å². The van der Waals surface area contributed by atoms with Crippen LogP contribution >= 0.6 is 15.9 Å². The summed E-state index contributed by atoms with van der Waals surface area (Å²) in [5, 5.41) is 10.1. The maximum Gasteiger partial charge on any atom is 0.257 e. The van der Waals surface area contributed by atoms with Crippen molar-refractivity contribution in [3.8, 4) is 5.75 Å². The molecule has 1 amide bonds.